The first-order chi connectivity index (χ1) is 14.4. The Hall–Kier alpha value is -1.19. The van der Waals surface area contributed by atoms with Crippen molar-refractivity contribution in [2.75, 3.05) is 0 Å². The Morgan fingerprint density at radius 2 is 1.90 bits per heavy atom. The Kier molecular flexibility index (Phi) is 7.38. The maximum atomic E-state index is 14.1. The summed E-state index contributed by atoms with van der Waals surface area (Å²) in [5.74, 6) is 1.83. The summed E-state index contributed by atoms with van der Waals surface area (Å²) >= 11 is 0. The maximum Gasteiger partial charge on any atom is 0.127 e. The van der Waals surface area contributed by atoms with Gasteiger partial charge >= 0.3 is 0 Å². The molecule has 0 saturated heterocycles. The molecule has 3 fully saturated rings. The minimum Gasteiger partial charge on any atom is -0.393 e. The zero-order valence-electron chi connectivity index (χ0n) is 20.2. The molecule has 0 aromatic carbocycles. The SMILES string of the molecule is C=C1C(=CC=C2CCC[C@@]3(C)C2CC[C@@H]3[C@H](C)/C=C/[C@H](C)C(C)(C)O)C[C@@H](O)CC1F. The van der Waals surface area contributed by atoms with Gasteiger partial charge in [0.05, 0.1) is 11.7 Å². The highest BCUT2D eigenvalue weighted by Gasteiger charge is 2.50. The zero-order valence-corrected chi connectivity index (χ0v) is 20.2. The lowest BCUT2D eigenvalue weighted by Crippen LogP contribution is -2.35. The zero-order chi connectivity index (χ0) is 23.0. The van der Waals surface area contributed by atoms with E-state index in [0.717, 1.165) is 12.0 Å². The molecule has 3 aliphatic carbocycles. The molecule has 174 valence electrons. The average molecular weight is 431 g/mol. The van der Waals surface area contributed by atoms with Gasteiger partial charge in [-0.15, -0.1) is 0 Å². The monoisotopic (exact) mass is 430 g/mol. The summed E-state index contributed by atoms with van der Waals surface area (Å²) in [4.78, 5) is 0. The minimum atomic E-state index is -1.13. The molecule has 31 heavy (non-hydrogen) atoms. The lowest BCUT2D eigenvalue weighted by atomic mass is 9.61. The molecular weight excluding hydrogens is 387 g/mol. The Balaban J connectivity index is 1.76. The van der Waals surface area contributed by atoms with Crippen LogP contribution in [-0.2, 0) is 0 Å². The third-order valence-electron chi connectivity index (χ3n) is 8.71. The van der Waals surface area contributed by atoms with Crippen LogP contribution in [0, 0.1) is 29.1 Å². The van der Waals surface area contributed by atoms with Crippen molar-refractivity contribution in [3.8, 4) is 0 Å². The van der Waals surface area contributed by atoms with Crippen molar-refractivity contribution in [2.45, 2.75) is 97.4 Å². The molecule has 2 nitrogen and oxygen atoms in total. The molecule has 0 amide bonds. The van der Waals surface area contributed by atoms with Gasteiger partial charge in [0, 0.05) is 12.3 Å². The van der Waals surface area contributed by atoms with Crippen LogP contribution in [-0.4, -0.2) is 28.1 Å². The molecule has 0 spiro atoms. The first-order valence-electron chi connectivity index (χ1n) is 12.2. The highest BCUT2D eigenvalue weighted by molar-refractivity contribution is 5.38. The average Bonchev–Trinajstić information content (AvgIpc) is 3.04. The topological polar surface area (TPSA) is 40.5 Å². The fraction of sp³-hybridized carbons (Fsp3) is 0.714. The van der Waals surface area contributed by atoms with Gasteiger partial charge in [0.1, 0.15) is 6.17 Å². The fourth-order valence-corrected chi connectivity index (χ4v) is 6.29. The largest absolute Gasteiger partial charge is 0.393 e. The predicted octanol–water partition coefficient (Wildman–Crippen LogP) is 6.70. The van der Waals surface area contributed by atoms with Crippen LogP contribution in [0.2, 0.25) is 0 Å². The summed E-state index contributed by atoms with van der Waals surface area (Å²) in [7, 11) is 0. The summed E-state index contributed by atoms with van der Waals surface area (Å²) in [5, 5.41) is 20.2. The summed E-state index contributed by atoms with van der Waals surface area (Å²) < 4.78 is 14.1. The second-order valence-electron chi connectivity index (χ2n) is 11.3. The van der Waals surface area contributed by atoms with E-state index in [9.17, 15) is 14.6 Å². The number of aliphatic hydroxyl groups excluding tert-OH is 1. The van der Waals surface area contributed by atoms with Crippen LogP contribution in [0.3, 0.4) is 0 Å². The Morgan fingerprint density at radius 3 is 2.58 bits per heavy atom. The summed E-state index contributed by atoms with van der Waals surface area (Å²) in [6.07, 6.45) is 13.8. The van der Waals surface area contributed by atoms with Gasteiger partial charge in [0.15, 0.2) is 0 Å². The van der Waals surface area contributed by atoms with E-state index in [1.165, 1.54) is 31.3 Å². The number of hydrogen-bond acceptors (Lipinski definition) is 2. The van der Waals surface area contributed by atoms with E-state index >= 15 is 0 Å². The first kappa shape index (κ1) is 24.5. The Morgan fingerprint density at radius 1 is 1.19 bits per heavy atom. The van der Waals surface area contributed by atoms with Crippen LogP contribution < -0.4 is 0 Å². The van der Waals surface area contributed by atoms with Crippen molar-refractivity contribution in [3.63, 3.8) is 0 Å². The van der Waals surface area contributed by atoms with E-state index in [2.05, 4.69) is 45.6 Å². The molecule has 0 aromatic heterocycles. The molecule has 2 unspecified atom stereocenters. The molecule has 0 aromatic rings. The number of fused-ring (bicyclic) bond motifs is 1. The van der Waals surface area contributed by atoms with Crippen molar-refractivity contribution in [2.24, 2.45) is 29.1 Å². The van der Waals surface area contributed by atoms with Crippen LogP contribution in [0.25, 0.3) is 0 Å². The molecular formula is C28H43FO2. The number of halogens is 1. The van der Waals surface area contributed by atoms with E-state index in [4.69, 9.17) is 0 Å². The molecule has 3 aliphatic rings. The van der Waals surface area contributed by atoms with Gasteiger partial charge in [-0.25, -0.2) is 4.39 Å². The van der Waals surface area contributed by atoms with E-state index < -0.39 is 17.9 Å². The van der Waals surface area contributed by atoms with Gasteiger partial charge < -0.3 is 10.2 Å². The van der Waals surface area contributed by atoms with Gasteiger partial charge in [-0.1, -0.05) is 57.2 Å². The molecule has 0 heterocycles. The van der Waals surface area contributed by atoms with Gasteiger partial charge in [-0.05, 0) is 86.7 Å². The normalized spacial score (nSPS) is 39.3. The van der Waals surface area contributed by atoms with Crippen molar-refractivity contribution >= 4 is 0 Å². The van der Waals surface area contributed by atoms with Gasteiger partial charge in [-0.3, -0.25) is 0 Å². The Bertz CT molecular complexity index is 755. The Labute approximate surface area is 189 Å². The molecule has 3 saturated carbocycles. The van der Waals surface area contributed by atoms with E-state index in [-0.39, 0.29) is 17.8 Å². The van der Waals surface area contributed by atoms with Crippen molar-refractivity contribution in [1.29, 1.82) is 0 Å². The first-order valence-corrected chi connectivity index (χ1v) is 12.2. The quantitative estimate of drug-likeness (QED) is 0.476. The molecule has 3 rings (SSSR count). The summed E-state index contributed by atoms with van der Waals surface area (Å²) in [5.41, 5.74) is 2.51. The predicted molar refractivity (Wildman–Crippen MR) is 127 cm³/mol. The number of aliphatic hydroxyl groups is 2. The van der Waals surface area contributed by atoms with Crippen LogP contribution >= 0.6 is 0 Å². The second kappa shape index (κ2) is 9.35. The molecule has 3 heteroatoms. The summed E-state index contributed by atoms with van der Waals surface area (Å²) in [6.45, 7) is 14.6. The number of allylic oxidation sites excluding steroid dienone is 5. The third kappa shape index (κ3) is 5.25. The van der Waals surface area contributed by atoms with Crippen LogP contribution in [0.1, 0.15) is 79.6 Å². The lowest BCUT2D eigenvalue weighted by molar-refractivity contribution is 0.0436. The van der Waals surface area contributed by atoms with E-state index in [0.29, 0.717) is 29.7 Å². The van der Waals surface area contributed by atoms with Crippen LogP contribution in [0.5, 0.6) is 0 Å². The lowest BCUT2D eigenvalue weighted by Gasteiger charge is -2.44. The summed E-state index contributed by atoms with van der Waals surface area (Å²) in [6, 6.07) is 0. The van der Waals surface area contributed by atoms with Crippen molar-refractivity contribution in [3.05, 3.63) is 47.6 Å². The van der Waals surface area contributed by atoms with Crippen LogP contribution in [0.15, 0.2) is 47.6 Å². The maximum absolute atomic E-state index is 14.1. The van der Waals surface area contributed by atoms with Gasteiger partial charge in [0.2, 0.25) is 0 Å². The van der Waals surface area contributed by atoms with Crippen molar-refractivity contribution < 1.29 is 14.6 Å². The van der Waals surface area contributed by atoms with E-state index in [1.807, 2.05) is 19.9 Å². The number of rotatable bonds is 5. The molecule has 7 atom stereocenters. The number of alkyl halides is 1. The standard InChI is InChI=1S/C28H43FO2/c1-18(9-10-19(2)27(4,5)31)24-13-14-25-21(8-7-15-28(24,25)6)11-12-22-16-23(30)17-26(29)20(22)3/h9-12,18-19,23-26,30-31H,3,7-8,13-17H2,1-2,4-6H3/b10-9+,21-11?,22-12?/t18-,19+,23-,24-,25?,26?,28-/m1/s1. The van der Waals surface area contributed by atoms with E-state index in [1.54, 1.807) is 0 Å². The van der Waals surface area contributed by atoms with Gasteiger partial charge in [-0.2, -0.15) is 0 Å². The molecule has 0 aliphatic heterocycles. The van der Waals surface area contributed by atoms with Crippen LogP contribution in [0.4, 0.5) is 4.39 Å². The second-order valence-corrected chi connectivity index (χ2v) is 11.3. The van der Waals surface area contributed by atoms with Crippen molar-refractivity contribution in [1.82, 2.24) is 0 Å². The molecule has 0 bridgehead atoms. The molecule has 2 N–H and O–H groups in total. The minimum absolute atomic E-state index is 0.131. The molecule has 0 radical (unpaired) electrons. The highest BCUT2D eigenvalue weighted by Crippen LogP contribution is 2.59. The highest BCUT2D eigenvalue weighted by atomic mass is 19.1. The third-order valence-corrected chi connectivity index (χ3v) is 8.71. The van der Waals surface area contributed by atoms with Gasteiger partial charge in [0.25, 0.3) is 0 Å². The smallest absolute Gasteiger partial charge is 0.127 e. The fourth-order valence-electron chi connectivity index (χ4n) is 6.29. The number of hydrogen-bond donors (Lipinski definition) is 2.